The maximum absolute atomic E-state index is 8.48. The maximum Gasteiger partial charge on any atom is 0.178 e. The second kappa shape index (κ2) is 4.39. The van der Waals surface area contributed by atoms with Crippen LogP contribution >= 0.6 is 0 Å². The minimum Gasteiger partial charge on any atom is -0.366 e. The summed E-state index contributed by atoms with van der Waals surface area (Å²) in [6.07, 6.45) is -0.301. The second-order valence-electron chi connectivity index (χ2n) is 1.13. The fourth-order valence-corrected chi connectivity index (χ4v) is 0.438. The molecule has 1 unspecified atom stereocenters. The van der Waals surface area contributed by atoms with Crippen LogP contribution in [0, 0.1) is 0 Å². The Morgan fingerprint density at radius 1 is 1.86 bits per heavy atom. The van der Waals surface area contributed by atoms with E-state index < -0.39 is 6.29 Å². The normalized spacial score (nSPS) is 14.1. The Morgan fingerprint density at radius 2 is 2.43 bits per heavy atom. The Labute approximate surface area is 47.8 Å². The summed E-state index contributed by atoms with van der Waals surface area (Å²) in [7, 11) is 0. The van der Waals surface area contributed by atoms with E-state index in [0.717, 1.165) is 0 Å². The molecule has 0 rings (SSSR count). The van der Waals surface area contributed by atoms with E-state index in [4.69, 9.17) is 5.11 Å². The van der Waals surface area contributed by atoms with E-state index in [2.05, 4.69) is 23.4 Å². The molecular formula is C3H10NO2S+. The van der Waals surface area contributed by atoms with Gasteiger partial charge < -0.3 is 5.11 Å². The van der Waals surface area contributed by atoms with Crippen LogP contribution in [-0.4, -0.2) is 17.1 Å². The van der Waals surface area contributed by atoms with Gasteiger partial charge in [-0.1, -0.05) is 0 Å². The van der Waals surface area contributed by atoms with Gasteiger partial charge in [0.05, 0.1) is 0 Å². The molecule has 4 heteroatoms. The molecular weight excluding hydrogens is 114 g/mol. The molecule has 0 aliphatic rings. The lowest BCUT2D eigenvalue weighted by Crippen LogP contribution is -2.16. The first-order valence-corrected chi connectivity index (χ1v) is 2.70. The smallest absolute Gasteiger partial charge is 0.178 e. The van der Waals surface area contributed by atoms with Crippen molar-refractivity contribution in [1.29, 1.82) is 0 Å². The molecule has 0 saturated carbocycles. The predicted octanol–water partition coefficient (Wildman–Crippen LogP) is -1.40. The first kappa shape index (κ1) is 7.23. The molecule has 0 radical (unpaired) electrons. The number of nitrogens with two attached hydrogens (primary N) is 1. The van der Waals surface area contributed by atoms with Crippen LogP contribution in [0.2, 0.25) is 0 Å². The molecule has 1 atom stereocenters. The second-order valence-corrected chi connectivity index (χ2v) is 1.63. The summed E-state index contributed by atoms with van der Waals surface area (Å²) in [6.45, 7) is 0. The largest absolute Gasteiger partial charge is 0.366 e. The minimum absolute atomic E-state index is 0.521. The summed E-state index contributed by atoms with van der Waals surface area (Å²) in [5.74, 6) is 5.28. The highest BCUT2D eigenvalue weighted by Gasteiger charge is 1.99. The highest BCUT2D eigenvalue weighted by Crippen LogP contribution is 1.85. The maximum atomic E-state index is 8.48. The fourth-order valence-electron chi connectivity index (χ4n) is 0.192. The van der Waals surface area contributed by atoms with Gasteiger partial charge in [0.1, 0.15) is 5.75 Å². The van der Waals surface area contributed by atoms with Crippen LogP contribution in [0.15, 0.2) is 0 Å². The molecule has 0 aromatic heterocycles. The van der Waals surface area contributed by atoms with Gasteiger partial charge in [0, 0.05) is 6.42 Å². The van der Waals surface area contributed by atoms with Gasteiger partial charge in [0.25, 0.3) is 0 Å². The molecule has 3 N–H and O–H groups in total. The molecule has 0 heterocycles. The van der Waals surface area contributed by atoms with Crippen LogP contribution in [0.25, 0.3) is 0 Å². The van der Waals surface area contributed by atoms with Crippen LogP contribution in [0.5, 0.6) is 0 Å². The first-order chi connectivity index (χ1) is 3.31. The molecule has 3 nitrogen and oxygen atoms in total. The lowest BCUT2D eigenvalue weighted by molar-refractivity contribution is -0.102. The van der Waals surface area contributed by atoms with E-state index in [0.29, 0.717) is 12.2 Å². The van der Waals surface area contributed by atoms with Crippen molar-refractivity contribution in [2.24, 2.45) is 5.90 Å². The van der Waals surface area contributed by atoms with Crippen LogP contribution in [0.1, 0.15) is 6.42 Å². The van der Waals surface area contributed by atoms with Crippen LogP contribution < -0.4 is 5.90 Å². The van der Waals surface area contributed by atoms with Gasteiger partial charge in [0.15, 0.2) is 6.29 Å². The van der Waals surface area contributed by atoms with Crippen molar-refractivity contribution in [3.05, 3.63) is 0 Å². The van der Waals surface area contributed by atoms with Crippen molar-refractivity contribution in [3.8, 4) is 0 Å². The van der Waals surface area contributed by atoms with Crippen LogP contribution in [-0.2, 0) is 17.5 Å². The van der Waals surface area contributed by atoms with Crippen molar-refractivity contribution < 1.29 is 9.94 Å². The van der Waals surface area contributed by atoms with Gasteiger partial charge >= 0.3 is 0 Å². The van der Waals surface area contributed by atoms with E-state index in [1.54, 1.807) is 0 Å². The number of aliphatic hydroxyl groups is 1. The van der Waals surface area contributed by atoms with E-state index in [9.17, 15) is 0 Å². The Bertz CT molecular complexity index is 43.9. The molecule has 0 aromatic rings. The molecule has 0 aromatic carbocycles. The first-order valence-electron chi connectivity index (χ1n) is 1.99. The summed E-state index contributed by atoms with van der Waals surface area (Å²) in [5.41, 5.74) is 0. The van der Waals surface area contributed by atoms with Gasteiger partial charge in [-0.15, -0.1) is 0 Å². The van der Waals surface area contributed by atoms with Crippen molar-refractivity contribution in [3.63, 3.8) is 0 Å². The van der Waals surface area contributed by atoms with E-state index in [1.807, 2.05) is 0 Å². The molecule has 0 spiro atoms. The van der Waals surface area contributed by atoms with E-state index in [1.165, 1.54) is 0 Å². The molecule has 0 aliphatic heterocycles. The molecule has 44 valence electrons. The third kappa shape index (κ3) is 4.08. The minimum atomic E-state index is -0.822. The van der Waals surface area contributed by atoms with Gasteiger partial charge in [0.2, 0.25) is 0 Å². The molecule has 0 aliphatic carbocycles. The number of hydrogen-bond donors (Lipinski definition) is 2. The summed E-state index contributed by atoms with van der Waals surface area (Å²) in [5, 5.41) is 8.48. The molecule has 0 bridgehead atoms. The zero-order valence-corrected chi connectivity index (χ0v) is 4.92. The Balaban J connectivity index is 2.83. The lowest BCUT2D eigenvalue weighted by atomic mass is 10.5. The van der Waals surface area contributed by atoms with Gasteiger partial charge in [-0.05, 0) is 12.6 Å². The van der Waals surface area contributed by atoms with Crippen LogP contribution in [0.3, 0.4) is 0 Å². The SMILES string of the molecule is NOC(O)CC[SH2+]. The Kier molecular flexibility index (Phi) is 4.53. The number of aliphatic hydroxyl groups excluding tert-OH is 1. The van der Waals surface area contributed by atoms with Gasteiger partial charge in [-0.3, -0.25) is 4.84 Å². The highest BCUT2D eigenvalue weighted by molar-refractivity contribution is 7.58. The van der Waals surface area contributed by atoms with Crippen molar-refractivity contribution in [1.82, 2.24) is 0 Å². The zero-order valence-electron chi connectivity index (χ0n) is 3.92. The molecule has 7 heavy (non-hydrogen) atoms. The van der Waals surface area contributed by atoms with Gasteiger partial charge in [-0.2, -0.15) is 0 Å². The number of rotatable bonds is 3. The van der Waals surface area contributed by atoms with Crippen molar-refractivity contribution in [2.45, 2.75) is 12.7 Å². The zero-order chi connectivity index (χ0) is 5.70. The lowest BCUT2D eigenvalue weighted by Gasteiger charge is -2.00. The standard InChI is InChI=1S/C3H9NO2S/c4-6-3(5)1-2-7/h3,5,7H,1-2,4H2/p+1. The summed E-state index contributed by atoms with van der Waals surface area (Å²) < 4.78 is 0. The quantitative estimate of drug-likeness (QED) is 0.276. The molecule has 0 saturated heterocycles. The van der Waals surface area contributed by atoms with Crippen LogP contribution in [0.4, 0.5) is 0 Å². The average molecular weight is 124 g/mol. The van der Waals surface area contributed by atoms with E-state index >= 15 is 0 Å². The van der Waals surface area contributed by atoms with E-state index in [-0.39, 0.29) is 0 Å². The Hall–Kier alpha value is 0.230. The third-order valence-corrected chi connectivity index (χ3v) is 0.837. The Morgan fingerprint density at radius 3 is 2.57 bits per heavy atom. The monoisotopic (exact) mass is 124 g/mol. The highest BCUT2D eigenvalue weighted by atomic mass is 32.1. The number of hydrogen-bond acceptors (Lipinski definition) is 3. The fraction of sp³-hybridized carbons (Fsp3) is 1.00. The average Bonchev–Trinajstić information content (AvgIpc) is 1.68. The van der Waals surface area contributed by atoms with Crippen molar-refractivity contribution in [2.75, 3.05) is 5.75 Å². The molecule has 0 amide bonds. The predicted molar refractivity (Wildman–Crippen MR) is 30.9 cm³/mol. The molecule has 0 fully saturated rings. The summed E-state index contributed by atoms with van der Waals surface area (Å²) in [4.78, 5) is 4.01. The van der Waals surface area contributed by atoms with Crippen molar-refractivity contribution >= 4 is 12.6 Å². The van der Waals surface area contributed by atoms with Gasteiger partial charge in [-0.25, -0.2) is 5.90 Å². The summed E-state index contributed by atoms with van der Waals surface area (Å²) >= 11 is 3.14. The third-order valence-electron chi connectivity index (χ3n) is 0.548. The topological polar surface area (TPSA) is 55.5 Å². The summed E-state index contributed by atoms with van der Waals surface area (Å²) in [6, 6.07) is 0.